The van der Waals surface area contributed by atoms with E-state index >= 15 is 0 Å². The predicted molar refractivity (Wildman–Crippen MR) is 107 cm³/mol. The minimum atomic E-state index is -4.13. The lowest BCUT2D eigenvalue weighted by molar-refractivity contribution is -0.385. The van der Waals surface area contributed by atoms with Crippen molar-refractivity contribution in [3.05, 3.63) is 57.9 Å². The molecule has 2 aromatic rings. The molecule has 0 aromatic heterocycles. The molecule has 0 spiro atoms. The Morgan fingerprint density at radius 1 is 1.21 bits per heavy atom. The Labute approximate surface area is 168 Å². The maximum atomic E-state index is 14.7. The number of anilines is 2. The van der Waals surface area contributed by atoms with E-state index in [-0.39, 0.29) is 34.0 Å². The second kappa shape index (κ2) is 7.96. The molecule has 2 aromatic carbocycles. The van der Waals surface area contributed by atoms with Crippen molar-refractivity contribution >= 4 is 27.1 Å². The summed E-state index contributed by atoms with van der Waals surface area (Å²) in [5.41, 5.74) is 0.108. The van der Waals surface area contributed by atoms with Crippen molar-refractivity contribution < 1.29 is 22.5 Å². The van der Waals surface area contributed by atoms with Gasteiger partial charge in [-0.05, 0) is 39.0 Å². The second-order valence-electron chi connectivity index (χ2n) is 7.09. The number of rotatable bonds is 5. The lowest BCUT2D eigenvalue weighted by Gasteiger charge is -2.37. The highest BCUT2D eigenvalue weighted by Crippen LogP contribution is 2.29. The zero-order valence-corrected chi connectivity index (χ0v) is 17.1. The summed E-state index contributed by atoms with van der Waals surface area (Å²) >= 11 is 0. The molecule has 2 atom stereocenters. The Morgan fingerprint density at radius 3 is 2.45 bits per heavy atom. The lowest BCUT2D eigenvalue weighted by atomic mass is 10.2. The van der Waals surface area contributed by atoms with Crippen LogP contribution in [0.1, 0.15) is 19.4 Å². The van der Waals surface area contributed by atoms with E-state index in [1.165, 1.54) is 37.3 Å². The van der Waals surface area contributed by atoms with E-state index in [0.29, 0.717) is 18.8 Å². The van der Waals surface area contributed by atoms with E-state index in [4.69, 9.17) is 4.74 Å². The summed E-state index contributed by atoms with van der Waals surface area (Å²) in [4.78, 5) is 12.0. The van der Waals surface area contributed by atoms with Crippen LogP contribution >= 0.6 is 0 Å². The number of hydrogen-bond acceptors (Lipinski definition) is 6. The number of nitro benzene ring substituents is 1. The average Bonchev–Trinajstić information content (AvgIpc) is 2.60. The Bertz CT molecular complexity index is 1030. The van der Waals surface area contributed by atoms with Crippen molar-refractivity contribution in [2.24, 2.45) is 0 Å². The molecule has 10 heteroatoms. The molecule has 2 unspecified atom stereocenters. The normalized spacial score (nSPS) is 19.8. The molecule has 29 heavy (non-hydrogen) atoms. The lowest BCUT2D eigenvalue weighted by Crippen LogP contribution is -2.45. The molecule has 1 fully saturated rings. The summed E-state index contributed by atoms with van der Waals surface area (Å²) in [5, 5.41) is 11.1. The molecule has 1 N–H and O–H groups in total. The fourth-order valence-corrected chi connectivity index (χ4v) is 4.82. The third-order valence-corrected chi connectivity index (χ3v) is 6.23. The van der Waals surface area contributed by atoms with Crippen LogP contribution < -0.4 is 9.62 Å². The minimum Gasteiger partial charge on any atom is -0.372 e. The van der Waals surface area contributed by atoms with E-state index in [2.05, 4.69) is 4.72 Å². The van der Waals surface area contributed by atoms with Crippen LogP contribution in [0.2, 0.25) is 0 Å². The predicted octanol–water partition coefficient (Wildman–Crippen LogP) is 3.46. The molecule has 1 heterocycles. The summed E-state index contributed by atoms with van der Waals surface area (Å²) in [6.07, 6.45) is -0.0960. The third kappa shape index (κ3) is 4.48. The highest BCUT2D eigenvalue weighted by atomic mass is 32.2. The molecular weight excluding hydrogens is 401 g/mol. The zero-order valence-electron chi connectivity index (χ0n) is 16.3. The smallest absolute Gasteiger partial charge is 0.273 e. The van der Waals surface area contributed by atoms with Gasteiger partial charge in [-0.3, -0.25) is 14.8 Å². The molecule has 1 aliphatic rings. The number of benzene rings is 2. The summed E-state index contributed by atoms with van der Waals surface area (Å²) in [6.45, 7) is 6.23. The van der Waals surface area contributed by atoms with Gasteiger partial charge >= 0.3 is 0 Å². The van der Waals surface area contributed by atoms with Gasteiger partial charge in [-0.25, -0.2) is 12.8 Å². The van der Waals surface area contributed by atoms with Gasteiger partial charge in [0.2, 0.25) is 0 Å². The second-order valence-corrected chi connectivity index (χ2v) is 8.74. The van der Waals surface area contributed by atoms with Gasteiger partial charge in [0.25, 0.3) is 15.7 Å². The minimum absolute atomic E-state index is 0.0124. The van der Waals surface area contributed by atoms with Crippen LogP contribution in [0.3, 0.4) is 0 Å². The van der Waals surface area contributed by atoms with Crippen LogP contribution in [0.25, 0.3) is 0 Å². The van der Waals surface area contributed by atoms with Gasteiger partial charge in [0.05, 0.1) is 33.4 Å². The zero-order chi connectivity index (χ0) is 21.3. The van der Waals surface area contributed by atoms with Crippen LogP contribution in [0, 0.1) is 22.9 Å². The molecule has 156 valence electrons. The summed E-state index contributed by atoms with van der Waals surface area (Å²) in [6, 6.07) is 7.87. The van der Waals surface area contributed by atoms with Crippen LogP contribution in [0.4, 0.5) is 21.5 Å². The summed E-state index contributed by atoms with van der Waals surface area (Å²) in [7, 11) is -4.13. The molecule has 0 amide bonds. The summed E-state index contributed by atoms with van der Waals surface area (Å²) in [5.74, 6) is -0.567. The first-order chi connectivity index (χ1) is 13.6. The molecule has 0 saturated carbocycles. The molecule has 0 bridgehead atoms. The quantitative estimate of drug-likeness (QED) is 0.584. The van der Waals surface area contributed by atoms with E-state index in [1.54, 1.807) is 0 Å². The number of hydrogen-bond donors (Lipinski definition) is 1. The van der Waals surface area contributed by atoms with Crippen LogP contribution in [-0.4, -0.2) is 38.6 Å². The number of nitrogens with zero attached hydrogens (tertiary/aromatic N) is 2. The molecule has 1 saturated heterocycles. The Morgan fingerprint density at radius 2 is 1.86 bits per heavy atom. The first-order valence-corrected chi connectivity index (χ1v) is 10.5. The van der Waals surface area contributed by atoms with Crippen molar-refractivity contribution in [2.75, 3.05) is 22.7 Å². The van der Waals surface area contributed by atoms with E-state index in [0.717, 1.165) is 6.07 Å². The molecule has 1 aliphatic heterocycles. The number of nitrogens with one attached hydrogen (secondary N) is 1. The van der Waals surface area contributed by atoms with Gasteiger partial charge in [0.15, 0.2) is 0 Å². The maximum absolute atomic E-state index is 14.7. The molecule has 0 aliphatic carbocycles. The molecular formula is C19H22FN3O5S. The number of nitro groups is 1. The van der Waals surface area contributed by atoms with E-state index in [1.807, 2.05) is 18.7 Å². The average molecular weight is 423 g/mol. The largest absolute Gasteiger partial charge is 0.372 e. The first kappa shape index (κ1) is 21.0. The van der Waals surface area contributed by atoms with Gasteiger partial charge in [0.1, 0.15) is 5.82 Å². The fourth-order valence-electron chi connectivity index (χ4n) is 3.50. The van der Waals surface area contributed by atoms with Crippen LogP contribution in [-0.2, 0) is 14.8 Å². The van der Waals surface area contributed by atoms with E-state index in [9.17, 15) is 22.9 Å². The van der Waals surface area contributed by atoms with Crippen molar-refractivity contribution in [1.29, 1.82) is 0 Å². The van der Waals surface area contributed by atoms with Crippen LogP contribution in [0.5, 0.6) is 0 Å². The van der Waals surface area contributed by atoms with E-state index < -0.39 is 20.8 Å². The van der Waals surface area contributed by atoms with Gasteiger partial charge in [0, 0.05) is 30.8 Å². The molecule has 0 radical (unpaired) electrons. The van der Waals surface area contributed by atoms with Crippen molar-refractivity contribution in [2.45, 2.75) is 37.9 Å². The number of halogens is 1. The van der Waals surface area contributed by atoms with Gasteiger partial charge in [-0.2, -0.15) is 0 Å². The first-order valence-electron chi connectivity index (χ1n) is 9.05. The Balaban J connectivity index is 1.86. The van der Waals surface area contributed by atoms with Crippen molar-refractivity contribution in [1.82, 2.24) is 0 Å². The number of ether oxygens (including phenoxy) is 1. The molecule has 3 rings (SSSR count). The Kier molecular flexibility index (Phi) is 5.76. The number of morpholine rings is 1. The van der Waals surface area contributed by atoms with Gasteiger partial charge in [-0.15, -0.1) is 0 Å². The third-order valence-electron chi connectivity index (χ3n) is 4.70. The maximum Gasteiger partial charge on any atom is 0.273 e. The fraction of sp³-hybridized carbons (Fsp3) is 0.368. The molecule has 8 nitrogen and oxygen atoms in total. The van der Waals surface area contributed by atoms with Crippen molar-refractivity contribution in [3.63, 3.8) is 0 Å². The monoisotopic (exact) mass is 423 g/mol. The highest BCUT2D eigenvalue weighted by molar-refractivity contribution is 7.92. The van der Waals surface area contributed by atoms with Crippen molar-refractivity contribution in [3.8, 4) is 0 Å². The topological polar surface area (TPSA) is 102 Å². The van der Waals surface area contributed by atoms with Crippen LogP contribution in [0.15, 0.2) is 41.3 Å². The number of sulfonamides is 1. The van der Waals surface area contributed by atoms with Gasteiger partial charge < -0.3 is 9.64 Å². The SMILES string of the molecule is Cc1c([N+](=O)[O-])cccc1S(=O)(=O)Nc1ccc(N2CC(C)OC(C)C2)c(F)c1. The van der Waals surface area contributed by atoms with Gasteiger partial charge in [-0.1, -0.05) is 6.07 Å². The summed E-state index contributed by atoms with van der Waals surface area (Å²) < 4.78 is 48.1. The highest BCUT2D eigenvalue weighted by Gasteiger charge is 2.26. The standard InChI is InChI=1S/C19H22FN3O5S/c1-12-10-22(11-13(2)28-12)18-8-7-15(9-16(18)20)21-29(26,27)19-6-4-5-17(14(19)3)23(24)25/h4-9,12-13,21H,10-11H2,1-3H3. The Hall–Kier alpha value is -2.72.